The van der Waals surface area contributed by atoms with Gasteiger partial charge in [0, 0.05) is 58.5 Å². The van der Waals surface area contributed by atoms with E-state index in [9.17, 15) is 36.5 Å². The van der Waals surface area contributed by atoms with Crippen LogP contribution in [-0.4, -0.2) is 80.4 Å². The molecule has 0 spiro atoms. The van der Waals surface area contributed by atoms with E-state index in [4.69, 9.17) is 0 Å². The molecule has 0 bridgehead atoms. The molecule has 6 N–H and O–H groups in total. The second-order valence-corrected chi connectivity index (χ2v) is 14.9. The summed E-state index contributed by atoms with van der Waals surface area (Å²) in [6.45, 7) is -0.0496. The summed E-state index contributed by atoms with van der Waals surface area (Å²) in [6.07, 6.45) is 0. The highest BCUT2D eigenvalue weighted by Gasteiger charge is 2.12. The molecule has 0 amide bonds. The number of aromatic nitrogens is 6. The molecule has 56 heavy (non-hydrogen) atoms. The molecule has 28 heteroatoms. The second kappa shape index (κ2) is 20.1. The lowest BCUT2D eigenvalue weighted by Gasteiger charge is -2.14. The molecule has 0 aliphatic heterocycles. The van der Waals surface area contributed by atoms with E-state index in [1.54, 1.807) is 48.5 Å². The fourth-order valence-electron chi connectivity index (χ4n) is 4.22. The standard InChI is InChI=1S/C28H30N12O12S4/c41-49-51-53-14-12-29-23-35-25(31-17-4-8-21(9-5-17)54-52-50-42)39-27(36-23)33-19-2-1-3-20(16-19)34-28-38-24(30-13-15-55(43,44)45)37-26(40-28)32-18-6-10-22(11-7-18)56(46,47)48/h1-11,16,41-42H,12-15H2,(H,43,44,45)(H,46,47,48)(H3,29,31,33,35,36,39)(H3,30,32,34,37,38,40)/p-4. The van der Waals surface area contributed by atoms with Crippen molar-refractivity contribution in [2.75, 3.05) is 56.5 Å². The van der Waals surface area contributed by atoms with Gasteiger partial charge in [0.05, 0.1) is 32.8 Å². The molecule has 0 saturated heterocycles. The fraction of sp³-hybridized carbons (Fsp3) is 0.143. The molecule has 0 saturated carbocycles. The van der Waals surface area contributed by atoms with Crippen LogP contribution in [0.15, 0.2) is 82.6 Å². The predicted molar refractivity (Wildman–Crippen MR) is 194 cm³/mol. The highest BCUT2D eigenvalue weighted by atomic mass is 32.2. The van der Waals surface area contributed by atoms with Gasteiger partial charge in [0.1, 0.15) is 10.1 Å². The van der Waals surface area contributed by atoms with E-state index in [2.05, 4.69) is 80.5 Å². The number of nitrogens with one attached hydrogen (secondary N) is 6. The van der Waals surface area contributed by atoms with Crippen molar-refractivity contribution in [2.24, 2.45) is 0 Å². The Bertz CT molecular complexity index is 2280. The molecule has 5 aromatic rings. The van der Waals surface area contributed by atoms with Gasteiger partial charge in [-0.25, -0.2) is 16.8 Å². The Hall–Kier alpha value is -5.24. The summed E-state index contributed by atoms with van der Waals surface area (Å²) in [7, 11) is -9.23. The lowest BCUT2D eigenvalue weighted by molar-refractivity contribution is -0.777. The van der Waals surface area contributed by atoms with E-state index < -0.39 is 30.9 Å². The van der Waals surface area contributed by atoms with Crippen molar-refractivity contribution in [2.45, 2.75) is 9.79 Å². The topological polar surface area (TPSA) is 347 Å². The zero-order valence-electron chi connectivity index (χ0n) is 28.0. The Labute approximate surface area is 325 Å². The Kier molecular flexibility index (Phi) is 15.0. The maximum atomic E-state index is 11.3. The van der Waals surface area contributed by atoms with Crippen LogP contribution >= 0.6 is 24.1 Å². The second-order valence-electron chi connectivity index (χ2n) is 10.5. The molecule has 2 aromatic heterocycles. The van der Waals surface area contributed by atoms with E-state index in [0.29, 0.717) is 33.4 Å². The number of hydrogen-bond donors (Lipinski definition) is 6. The molecule has 0 atom stereocenters. The molecule has 24 nitrogen and oxygen atoms in total. The van der Waals surface area contributed by atoms with Gasteiger partial charge in [-0.1, -0.05) is 6.07 Å². The van der Waals surface area contributed by atoms with Crippen molar-refractivity contribution in [3.05, 3.63) is 72.8 Å². The van der Waals surface area contributed by atoms with Crippen LogP contribution in [0.1, 0.15) is 0 Å². The quantitative estimate of drug-likeness (QED) is 0.0188. The van der Waals surface area contributed by atoms with Gasteiger partial charge in [-0.05, 0) is 66.7 Å². The largest absolute Gasteiger partial charge is 0.748 e. The van der Waals surface area contributed by atoms with Gasteiger partial charge in [0.2, 0.25) is 35.7 Å². The molecule has 0 radical (unpaired) electrons. The zero-order chi connectivity index (χ0) is 40.0. The summed E-state index contributed by atoms with van der Waals surface area (Å²) in [5.41, 5.74) is 1.80. The first-order chi connectivity index (χ1) is 26.8. The van der Waals surface area contributed by atoms with Crippen molar-refractivity contribution >= 4 is 103 Å². The smallest absolute Gasteiger partial charge is 0.233 e. The molecule has 298 valence electrons. The van der Waals surface area contributed by atoms with Crippen LogP contribution in [0.3, 0.4) is 0 Å². The monoisotopic (exact) mass is 850 g/mol. The zero-order valence-corrected chi connectivity index (χ0v) is 31.2. The number of hydrogen-bond acceptors (Lipinski definition) is 26. The minimum atomic E-state index is -4.68. The maximum absolute atomic E-state index is 11.3. The van der Waals surface area contributed by atoms with Crippen molar-refractivity contribution in [3.63, 3.8) is 0 Å². The number of rotatable bonds is 22. The first kappa shape index (κ1) is 41.9. The molecular formula is C28H26N12O12S4-4. The van der Waals surface area contributed by atoms with Gasteiger partial charge in [-0.15, -0.1) is 0 Å². The number of anilines is 10. The molecule has 0 unspecified atom stereocenters. The van der Waals surface area contributed by atoms with Crippen LogP contribution in [0.5, 0.6) is 0 Å². The molecule has 0 aliphatic rings. The van der Waals surface area contributed by atoms with Gasteiger partial charge >= 0.3 is 0 Å². The third-order valence-corrected chi connectivity index (χ3v) is 9.16. The summed E-state index contributed by atoms with van der Waals surface area (Å²) < 4.78 is 76.0. The lowest BCUT2D eigenvalue weighted by Crippen LogP contribution is -2.17. The first-order valence-electron chi connectivity index (χ1n) is 15.3. The Morgan fingerprint density at radius 3 is 1.52 bits per heavy atom. The van der Waals surface area contributed by atoms with Crippen LogP contribution in [0.4, 0.5) is 58.4 Å². The maximum Gasteiger partial charge on any atom is 0.233 e. The summed E-state index contributed by atoms with van der Waals surface area (Å²) in [5.74, 6) is -0.303. The Morgan fingerprint density at radius 2 is 1.04 bits per heavy atom. The van der Waals surface area contributed by atoms with Gasteiger partial charge in [0.25, 0.3) is 0 Å². The van der Waals surface area contributed by atoms with Crippen molar-refractivity contribution in [3.8, 4) is 0 Å². The summed E-state index contributed by atoms with van der Waals surface area (Å²) in [6, 6.07) is 18.2. The third kappa shape index (κ3) is 14.1. The van der Waals surface area contributed by atoms with E-state index in [1.165, 1.54) is 12.1 Å². The van der Waals surface area contributed by atoms with Gasteiger partial charge in [-0.2, -0.15) is 38.6 Å². The molecule has 2 heterocycles. The lowest BCUT2D eigenvalue weighted by atomic mass is 10.3. The van der Waals surface area contributed by atoms with Gasteiger partial charge in [0.15, 0.2) is 0 Å². The number of nitrogens with zero attached hydrogens (tertiary/aromatic N) is 6. The molecule has 0 aliphatic carbocycles. The van der Waals surface area contributed by atoms with E-state index in [0.717, 1.165) is 36.2 Å². The van der Waals surface area contributed by atoms with Crippen LogP contribution in [0.25, 0.3) is 0 Å². The van der Waals surface area contributed by atoms with Gasteiger partial charge < -0.3 is 51.5 Å². The SMILES string of the molecule is O=S(=O)([O-])CCNc1nc(Nc2ccc(S(=O)(=O)[O-])cc2)nc(Nc2cccc(Nc3nc(NCCSOO[O-])nc(Nc4ccc(SOO[O-])cc4)n3)c2)n1. The highest BCUT2D eigenvalue weighted by Crippen LogP contribution is 2.26. The molecule has 0 fully saturated rings. The normalized spacial score (nSPS) is 11.5. The number of benzene rings is 3. The molecular weight excluding hydrogens is 825 g/mol. The predicted octanol–water partition coefficient (Wildman–Crippen LogP) is 1.41. The van der Waals surface area contributed by atoms with Crippen LogP contribution in [0, 0.1) is 0 Å². The average molecular weight is 851 g/mol. The molecule has 3 aromatic carbocycles. The van der Waals surface area contributed by atoms with Crippen molar-refractivity contribution < 1.29 is 55.2 Å². The fourth-order valence-corrected chi connectivity index (χ4v) is 5.69. The van der Waals surface area contributed by atoms with Crippen LogP contribution in [0.2, 0.25) is 0 Å². The van der Waals surface area contributed by atoms with Gasteiger partial charge in [-0.3, -0.25) is 10.1 Å². The van der Waals surface area contributed by atoms with E-state index >= 15 is 0 Å². The van der Waals surface area contributed by atoms with Crippen molar-refractivity contribution in [1.29, 1.82) is 0 Å². The Morgan fingerprint density at radius 1 is 0.571 bits per heavy atom. The third-order valence-electron chi connectivity index (χ3n) is 6.49. The first-order valence-corrected chi connectivity index (χ1v) is 20.0. The van der Waals surface area contributed by atoms with E-state index in [1.807, 2.05) is 0 Å². The van der Waals surface area contributed by atoms with Crippen molar-refractivity contribution in [1.82, 2.24) is 29.9 Å². The minimum Gasteiger partial charge on any atom is -0.748 e. The summed E-state index contributed by atoms with van der Waals surface area (Å²) in [4.78, 5) is 26.1. The molecule has 5 rings (SSSR count). The average Bonchev–Trinajstić information content (AvgIpc) is 3.14. The van der Waals surface area contributed by atoms with Crippen LogP contribution < -0.4 is 42.4 Å². The highest BCUT2D eigenvalue weighted by molar-refractivity contribution is 7.94. The summed E-state index contributed by atoms with van der Waals surface area (Å²) >= 11 is 1.49. The Balaban J connectivity index is 1.35. The summed E-state index contributed by atoms with van der Waals surface area (Å²) in [5, 5.41) is 44.5. The van der Waals surface area contributed by atoms with E-state index in [-0.39, 0.29) is 48.8 Å². The minimum absolute atomic E-state index is 0.0372. The van der Waals surface area contributed by atoms with Crippen LogP contribution in [-0.2, 0) is 39.0 Å².